The Labute approximate surface area is 162 Å². The van der Waals surface area contributed by atoms with E-state index < -0.39 is 11.4 Å². The first kappa shape index (κ1) is 19.4. The maximum absolute atomic E-state index is 13.1. The molecule has 1 unspecified atom stereocenters. The van der Waals surface area contributed by atoms with Gasteiger partial charge >= 0.3 is 12.0 Å². The Morgan fingerprint density at radius 1 is 1.37 bits per heavy atom. The molecule has 8 nitrogen and oxygen atoms in total. The van der Waals surface area contributed by atoms with Crippen LogP contribution in [0.3, 0.4) is 0 Å². The molecule has 1 aromatic rings. The Morgan fingerprint density at radius 3 is 2.78 bits per heavy atom. The molecule has 1 aromatic carbocycles. The summed E-state index contributed by atoms with van der Waals surface area (Å²) in [5.74, 6) is -1.32. The zero-order chi connectivity index (χ0) is 19.6. The van der Waals surface area contributed by atoms with E-state index in [1.807, 2.05) is 0 Å². The molecule has 9 heteroatoms. The molecule has 0 saturated carbocycles. The standard InChI is InChI=1S/C18H22ClN3O5/c1-27-11-18(16(24)25)5-2-7-21(10-18)15(23)13-9-12(3-4-14(13)19)22-8-6-20-17(22)26/h3-4,9H,2,5-8,10-11H2,1H3,(H,20,26)(H,24,25). The normalized spacial score (nSPS) is 22.7. The first-order valence-corrected chi connectivity index (χ1v) is 9.12. The van der Waals surface area contributed by atoms with Crippen molar-refractivity contribution in [2.45, 2.75) is 12.8 Å². The van der Waals surface area contributed by atoms with Gasteiger partial charge in [0.05, 0.1) is 17.2 Å². The van der Waals surface area contributed by atoms with E-state index in [4.69, 9.17) is 16.3 Å². The van der Waals surface area contributed by atoms with E-state index in [0.717, 1.165) is 0 Å². The third kappa shape index (κ3) is 3.72. The highest BCUT2D eigenvalue weighted by atomic mass is 35.5. The first-order valence-electron chi connectivity index (χ1n) is 8.74. The van der Waals surface area contributed by atoms with Crippen LogP contribution in [0.15, 0.2) is 18.2 Å². The number of carbonyl (C=O) groups is 3. The first-order chi connectivity index (χ1) is 12.9. The molecule has 0 bridgehead atoms. The Kier molecular flexibility index (Phi) is 5.57. The molecule has 0 spiro atoms. The van der Waals surface area contributed by atoms with Crippen molar-refractivity contribution in [2.75, 3.05) is 44.8 Å². The van der Waals surface area contributed by atoms with Crippen LogP contribution in [-0.2, 0) is 9.53 Å². The molecule has 2 saturated heterocycles. The predicted octanol–water partition coefficient (Wildman–Crippen LogP) is 1.82. The number of nitrogens with zero attached hydrogens (tertiary/aromatic N) is 2. The molecule has 2 heterocycles. The second-order valence-corrected chi connectivity index (χ2v) is 7.30. The van der Waals surface area contributed by atoms with Gasteiger partial charge in [0.1, 0.15) is 5.41 Å². The number of hydrogen-bond donors (Lipinski definition) is 2. The van der Waals surface area contributed by atoms with E-state index in [1.54, 1.807) is 18.2 Å². The molecule has 2 fully saturated rings. The van der Waals surface area contributed by atoms with Gasteiger partial charge in [-0.15, -0.1) is 0 Å². The van der Waals surface area contributed by atoms with Gasteiger partial charge in [-0.25, -0.2) is 4.79 Å². The molecular weight excluding hydrogens is 374 g/mol. The van der Waals surface area contributed by atoms with Crippen LogP contribution in [-0.4, -0.2) is 67.8 Å². The van der Waals surface area contributed by atoms with E-state index in [2.05, 4.69) is 5.32 Å². The van der Waals surface area contributed by atoms with Gasteiger partial charge in [-0.3, -0.25) is 14.5 Å². The fourth-order valence-electron chi connectivity index (χ4n) is 3.67. The Morgan fingerprint density at radius 2 is 2.15 bits per heavy atom. The van der Waals surface area contributed by atoms with Crippen molar-refractivity contribution in [1.82, 2.24) is 10.2 Å². The second kappa shape index (κ2) is 7.74. The SMILES string of the molecule is COCC1(C(=O)O)CCCN(C(=O)c2cc(N3CCNC3=O)ccc2Cl)C1. The minimum absolute atomic E-state index is 0.0355. The van der Waals surface area contributed by atoms with Crippen molar-refractivity contribution in [2.24, 2.45) is 5.41 Å². The summed E-state index contributed by atoms with van der Waals surface area (Å²) in [7, 11) is 1.45. The molecule has 0 aromatic heterocycles. The lowest BCUT2D eigenvalue weighted by atomic mass is 9.80. The number of carboxylic acid groups (broad SMARTS) is 1. The summed E-state index contributed by atoms with van der Waals surface area (Å²) in [5.41, 5.74) is -0.287. The van der Waals surface area contributed by atoms with Gasteiger partial charge < -0.3 is 20.1 Å². The van der Waals surface area contributed by atoms with Crippen molar-refractivity contribution in [1.29, 1.82) is 0 Å². The highest BCUT2D eigenvalue weighted by Gasteiger charge is 2.44. The third-order valence-electron chi connectivity index (χ3n) is 5.09. The molecule has 3 rings (SSSR count). The minimum atomic E-state index is -1.12. The molecular formula is C18H22ClN3O5. The lowest BCUT2D eigenvalue weighted by molar-refractivity contribution is -0.155. The fraction of sp³-hybridized carbons (Fsp3) is 0.500. The highest BCUT2D eigenvalue weighted by Crippen LogP contribution is 2.33. The van der Waals surface area contributed by atoms with Crippen molar-refractivity contribution < 1.29 is 24.2 Å². The number of benzene rings is 1. The average Bonchev–Trinajstić information content (AvgIpc) is 3.08. The Hall–Kier alpha value is -2.32. The molecule has 146 valence electrons. The Balaban J connectivity index is 1.86. The summed E-state index contributed by atoms with van der Waals surface area (Å²) in [5, 5.41) is 12.6. The summed E-state index contributed by atoms with van der Waals surface area (Å²) in [6.45, 7) is 1.58. The lowest BCUT2D eigenvalue weighted by Gasteiger charge is -2.39. The lowest BCUT2D eigenvalue weighted by Crippen LogP contribution is -2.52. The van der Waals surface area contributed by atoms with Gasteiger partial charge in [0.15, 0.2) is 0 Å². The van der Waals surface area contributed by atoms with Crippen LogP contribution in [0, 0.1) is 5.41 Å². The second-order valence-electron chi connectivity index (χ2n) is 6.90. The number of piperidine rings is 1. The number of ether oxygens (including phenoxy) is 1. The number of carboxylic acids is 1. The topological polar surface area (TPSA) is 99.2 Å². The molecule has 2 N–H and O–H groups in total. The van der Waals surface area contributed by atoms with Crippen molar-refractivity contribution in [3.63, 3.8) is 0 Å². The number of rotatable bonds is 5. The summed E-state index contributed by atoms with van der Waals surface area (Å²) >= 11 is 6.24. The van der Waals surface area contributed by atoms with E-state index in [1.165, 1.54) is 16.9 Å². The summed E-state index contributed by atoms with van der Waals surface area (Å²) in [6, 6.07) is 4.63. The number of aliphatic carboxylic acids is 1. The summed E-state index contributed by atoms with van der Waals surface area (Å²) in [4.78, 5) is 39.8. The molecule has 2 aliphatic heterocycles. The van der Waals surface area contributed by atoms with Gasteiger partial charge in [-0.05, 0) is 31.0 Å². The number of halogens is 1. The van der Waals surface area contributed by atoms with Crippen LogP contribution in [0.2, 0.25) is 5.02 Å². The number of amides is 3. The summed E-state index contributed by atoms with van der Waals surface area (Å²) < 4.78 is 5.11. The fourth-order valence-corrected chi connectivity index (χ4v) is 3.87. The predicted molar refractivity (Wildman–Crippen MR) is 99.3 cm³/mol. The highest BCUT2D eigenvalue weighted by molar-refractivity contribution is 6.34. The van der Waals surface area contributed by atoms with Gasteiger partial charge in [-0.2, -0.15) is 0 Å². The van der Waals surface area contributed by atoms with Crippen molar-refractivity contribution in [3.05, 3.63) is 28.8 Å². The van der Waals surface area contributed by atoms with Crippen LogP contribution in [0.1, 0.15) is 23.2 Å². The number of methoxy groups -OCH3 is 1. The molecule has 0 aliphatic carbocycles. The van der Waals surface area contributed by atoms with E-state index in [-0.39, 0.29) is 35.7 Å². The maximum atomic E-state index is 13.1. The number of likely N-dealkylation sites (tertiary alicyclic amines) is 1. The van der Waals surface area contributed by atoms with Crippen LogP contribution < -0.4 is 10.2 Å². The monoisotopic (exact) mass is 395 g/mol. The van der Waals surface area contributed by atoms with E-state index in [0.29, 0.717) is 38.2 Å². The van der Waals surface area contributed by atoms with Crippen LogP contribution in [0.4, 0.5) is 10.5 Å². The van der Waals surface area contributed by atoms with Crippen LogP contribution in [0.25, 0.3) is 0 Å². The van der Waals surface area contributed by atoms with Crippen LogP contribution >= 0.6 is 11.6 Å². The zero-order valence-electron chi connectivity index (χ0n) is 15.0. The minimum Gasteiger partial charge on any atom is -0.481 e. The number of urea groups is 1. The third-order valence-corrected chi connectivity index (χ3v) is 5.42. The van der Waals surface area contributed by atoms with Gasteiger partial charge in [0.2, 0.25) is 0 Å². The number of anilines is 1. The van der Waals surface area contributed by atoms with Crippen molar-refractivity contribution in [3.8, 4) is 0 Å². The van der Waals surface area contributed by atoms with Crippen LogP contribution in [0.5, 0.6) is 0 Å². The molecule has 0 radical (unpaired) electrons. The van der Waals surface area contributed by atoms with Gasteiger partial charge in [-0.1, -0.05) is 11.6 Å². The molecule has 3 amide bonds. The summed E-state index contributed by atoms with van der Waals surface area (Å²) in [6.07, 6.45) is 1.01. The average molecular weight is 396 g/mol. The molecule has 27 heavy (non-hydrogen) atoms. The largest absolute Gasteiger partial charge is 0.481 e. The van der Waals surface area contributed by atoms with E-state index >= 15 is 0 Å². The Bertz CT molecular complexity index is 767. The van der Waals surface area contributed by atoms with Gasteiger partial charge in [0.25, 0.3) is 5.91 Å². The smallest absolute Gasteiger partial charge is 0.321 e. The van der Waals surface area contributed by atoms with Gasteiger partial charge in [0, 0.05) is 39.0 Å². The number of carbonyl (C=O) groups excluding carboxylic acids is 2. The molecule has 2 aliphatic rings. The molecule has 1 atom stereocenters. The van der Waals surface area contributed by atoms with Crippen molar-refractivity contribution >= 4 is 35.2 Å². The number of nitrogens with one attached hydrogen (secondary N) is 1. The number of hydrogen-bond acceptors (Lipinski definition) is 4. The van der Waals surface area contributed by atoms with E-state index in [9.17, 15) is 19.5 Å². The zero-order valence-corrected chi connectivity index (χ0v) is 15.8. The maximum Gasteiger partial charge on any atom is 0.321 e. The quantitative estimate of drug-likeness (QED) is 0.792.